The smallest absolute Gasteiger partial charge is 0.226 e. The lowest BCUT2D eigenvalue weighted by Crippen LogP contribution is -2.54. The maximum absolute atomic E-state index is 5.86. The number of aliphatic imine (C=N–C) groups is 2. The van der Waals surface area contributed by atoms with Gasteiger partial charge in [-0.1, -0.05) is 12.1 Å². The van der Waals surface area contributed by atoms with Crippen LogP contribution in [0.3, 0.4) is 0 Å². The molecule has 1 atom stereocenters. The minimum atomic E-state index is -0.733. The van der Waals surface area contributed by atoms with Crippen LogP contribution in [-0.2, 0) is 4.84 Å². The monoisotopic (exact) mass is 385 g/mol. The lowest BCUT2D eigenvalue weighted by atomic mass is 10.2. The van der Waals surface area contributed by atoms with Crippen LogP contribution in [0.4, 0.5) is 0 Å². The fourth-order valence-corrected chi connectivity index (χ4v) is 2.32. The first-order valence-corrected chi connectivity index (χ1v) is 6.97. The van der Waals surface area contributed by atoms with Crippen LogP contribution in [0.15, 0.2) is 34.3 Å². The summed E-state index contributed by atoms with van der Waals surface area (Å²) < 4.78 is 11.5. The van der Waals surface area contributed by atoms with Crippen LogP contribution in [0.5, 0.6) is 11.5 Å². The average Bonchev–Trinajstić information content (AvgIpc) is 2.45. The van der Waals surface area contributed by atoms with Crippen molar-refractivity contribution in [3.63, 3.8) is 0 Å². The van der Waals surface area contributed by atoms with Gasteiger partial charge in [0.2, 0.25) is 11.9 Å². The van der Waals surface area contributed by atoms with E-state index in [0.29, 0.717) is 12.4 Å². The van der Waals surface area contributed by atoms with E-state index in [1.165, 1.54) is 5.06 Å². The first kappa shape index (κ1) is 17.4. The molecule has 0 spiro atoms. The molecule has 0 bridgehead atoms. The van der Waals surface area contributed by atoms with Crippen molar-refractivity contribution in [1.82, 2.24) is 5.06 Å². The standard InChI is InChI=1S/C14H19N5O3.BrH/c1-14(2)18-12(15)17-13(16)19(14)21-8-9-7-20-10-5-3-4-6-11(10)22-9;/h3-6,9H,7-8H2,1-2H3,(H4,15,16,17,18);1H. The Bertz CT molecular complexity index is 635. The number of hydrogen-bond donors (Lipinski definition) is 2. The molecule has 0 fully saturated rings. The molecule has 2 aliphatic heterocycles. The largest absolute Gasteiger partial charge is 0.486 e. The summed E-state index contributed by atoms with van der Waals surface area (Å²) in [6.45, 7) is 4.31. The van der Waals surface area contributed by atoms with Crippen LogP contribution in [0.1, 0.15) is 13.8 Å². The quantitative estimate of drug-likeness (QED) is 0.803. The normalized spacial score (nSPS) is 21.8. The Morgan fingerprint density at radius 2 is 2.00 bits per heavy atom. The highest BCUT2D eigenvalue weighted by molar-refractivity contribution is 8.93. The number of rotatable bonds is 3. The molecule has 0 aliphatic carbocycles. The number of nitrogens with two attached hydrogens (primary N) is 2. The molecular weight excluding hydrogens is 366 g/mol. The van der Waals surface area contributed by atoms with Crippen molar-refractivity contribution in [2.24, 2.45) is 21.5 Å². The molecule has 3 rings (SSSR count). The first-order chi connectivity index (χ1) is 10.5. The van der Waals surface area contributed by atoms with Crippen LogP contribution in [0.2, 0.25) is 0 Å². The highest BCUT2D eigenvalue weighted by atomic mass is 79.9. The number of guanidine groups is 2. The third-order valence-electron chi connectivity index (χ3n) is 3.28. The first-order valence-electron chi connectivity index (χ1n) is 6.97. The third kappa shape index (κ3) is 3.67. The average molecular weight is 386 g/mol. The van der Waals surface area contributed by atoms with Gasteiger partial charge in [-0.3, -0.25) is 4.84 Å². The zero-order valence-electron chi connectivity index (χ0n) is 12.9. The van der Waals surface area contributed by atoms with Gasteiger partial charge in [-0.15, -0.1) is 17.0 Å². The minimum Gasteiger partial charge on any atom is -0.486 e. The highest BCUT2D eigenvalue weighted by Crippen LogP contribution is 2.31. The van der Waals surface area contributed by atoms with Gasteiger partial charge in [0, 0.05) is 0 Å². The Hall–Kier alpha value is -2.00. The molecule has 9 heteroatoms. The maximum atomic E-state index is 5.86. The van der Waals surface area contributed by atoms with E-state index in [1.54, 1.807) is 0 Å². The van der Waals surface area contributed by atoms with Crippen LogP contribution < -0.4 is 20.9 Å². The van der Waals surface area contributed by atoms with E-state index >= 15 is 0 Å². The molecule has 8 nitrogen and oxygen atoms in total. The SMILES string of the molecule is Br.CC1(C)N=C(N)N=C(N)N1OCC1COc2ccccc2O1. The van der Waals surface area contributed by atoms with Crippen LogP contribution >= 0.6 is 17.0 Å². The molecule has 1 aromatic carbocycles. The molecule has 2 aliphatic rings. The molecule has 2 heterocycles. The lowest BCUT2D eigenvalue weighted by Gasteiger charge is -2.37. The number of nitrogens with zero attached hydrogens (tertiary/aromatic N) is 3. The van der Waals surface area contributed by atoms with Gasteiger partial charge < -0.3 is 20.9 Å². The molecule has 1 unspecified atom stereocenters. The Kier molecular flexibility index (Phi) is 5.00. The van der Waals surface area contributed by atoms with Gasteiger partial charge in [-0.25, -0.2) is 4.99 Å². The molecule has 4 N–H and O–H groups in total. The molecule has 1 aromatic rings. The second-order valence-electron chi connectivity index (χ2n) is 5.52. The van der Waals surface area contributed by atoms with Gasteiger partial charge in [-0.2, -0.15) is 10.1 Å². The molecule has 23 heavy (non-hydrogen) atoms. The van der Waals surface area contributed by atoms with Gasteiger partial charge in [0.25, 0.3) is 0 Å². The summed E-state index contributed by atoms with van der Waals surface area (Å²) in [6.07, 6.45) is -0.248. The zero-order valence-corrected chi connectivity index (χ0v) is 14.6. The van der Waals surface area contributed by atoms with E-state index in [-0.39, 0.29) is 41.6 Å². The van der Waals surface area contributed by atoms with Crippen molar-refractivity contribution >= 4 is 28.9 Å². The number of hydroxylamine groups is 2. The van der Waals surface area contributed by atoms with Gasteiger partial charge in [-0.05, 0) is 26.0 Å². The number of fused-ring (bicyclic) bond motifs is 1. The Labute approximate surface area is 144 Å². The van der Waals surface area contributed by atoms with E-state index in [0.717, 1.165) is 5.75 Å². The summed E-state index contributed by atoms with van der Waals surface area (Å²) in [7, 11) is 0. The molecular formula is C14H20BrN5O3. The summed E-state index contributed by atoms with van der Waals surface area (Å²) >= 11 is 0. The number of halogens is 1. The number of ether oxygens (including phenoxy) is 2. The van der Waals surface area contributed by atoms with Crippen LogP contribution in [-0.4, -0.2) is 42.0 Å². The van der Waals surface area contributed by atoms with Crippen LogP contribution in [0.25, 0.3) is 0 Å². The maximum Gasteiger partial charge on any atom is 0.226 e. The molecule has 0 radical (unpaired) electrons. The number of hydrogen-bond acceptors (Lipinski definition) is 8. The second-order valence-corrected chi connectivity index (χ2v) is 5.52. The van der Waals surface area contributed by atoms with Gasteiger partial charge in [0.05, 0.1) is 0 Å². The third-order valence-corrected chi connectivity index (χ3v) is 3.28. The zero-order chi connectivity index (χ0) is 15.7. The van der Waals surface area contributed by atoms with Crippen molar-refractivity contribution in [2.45, 2.75) is 25.6 Å². The fourth-order valence-electron chi connectivity index (χ4n) is 2.32. The summed E-state index contributed by atoms with van der Waals surface area (Å²) in [4.78, 5) is 13.8. The van der Waals surface area contributed by atoms with Crippen LogP contribution in [0, 0.1) is 0 Å². The Morgan fingerprint density at radius 3 is 2.70 bits per heavy atom. The van der Waals surface area contributed by atoms with E-state index < -0.39 is 5.66 Å². The summed E-state index contributed by atoms with van der Waals surface area (Å²) in [6, 6.07) is 7.51. The predicted molar refractivity (Wildman–Crippen MR) is 91.8 cm³/mol. The van der Waals surface area contributed by atoms with E-state index in [1.807, 2.05) is 38.1 Å². The predicted octanol–water partition coefficient (Wildman–Crippen LogP) is 1.02. The molecule has 126 valence electrons. The Balaban J connectivity index is 0.00000192. The Morgan fingerprint density at radius 1 is 1.30 bits per heavy atom. The van der Waals surface area contributed by atoms with E-state index in [4.69, 9.17) is 25.8 Å². The van der Waals surface area contributed by atoms with Crippen molar-refractivity contribution in [1.29, 1.82) is 0 Å². The molecule has 0 saturated heterocycles. The summed E-state index contributed by atoms with van der Waals surface area (Å²) in [5, 5.41) is 1.42. The molecule has 0 amide bonds. The van der Waals surface area contributed by atoms with E-state index in [2.05, 4.69) is 9.98 Å². The van der Waals surface area contributed by atoms with Gasteiger partial charge >= 0.3 is 0 Å². The summed E-state index contributed by atoms with van der Waals surface area (Å²) in [5.41, 5.74) is 10.7. The second kappa shape index (κ2) is 6.63. The lowest BCUT2D eigenvalue weighted by molar-refractivity contribution is -0.177. The van der Waals surface area contributed by atoms with Crippen molar-refractivity contribution < 1.29 is 14.3 Å². The van der Waals surface area contributed by atoms with Crippen molar-refractivity contribution in [3.05, 3.63) is 24.3 Å². The van der Waals surface area contributed by atoms with Gasteiger partial charge in [0.15, 0.2) is 23.3 Å². The van der Waals surface area contributed by atoms with E-state index in [9.17, 15) is 0 Å². The topological polar surface area (TPSA) is 108 Å². The molecule has 0 aromatic heterocycles. The highest BCUT2D eigenvalue weighted by Gasteiger charge is 2.34. The van der Waals surface area contributed by atoms with Crippen molar-refractivity contribution in [3.8, 4) is 11.5 Å². The number of para-hydroxylation sites is 2. The minimum absolute atomic E-state index is 0. The van der Waals surface area contributed by atoms with Crippen molar-refractivity contribution in [2.75, 3.05) is 13.2 Å². The van der Waals surface area contributed by atoms with Gasteiger partial charge in [0.1, 0.15) is 13.2 Å². The number of benzene rings is 1. The fraction of sp³-hybridized carbons (Fsp3) is 0.429. The molecule has 0 saturated carbocycles. The summed E-state index contributed by atoms with van der Waals surface area (Å²) in [5.74, 6) is 1.72.